The summed E-state index contributed by atoms with van der Waals surface area (Å²) >= 11 is 3.46. The lowest BCUT2D eigenvalue weighted by molar-refractivity contribution is 0.00458. The summed E-state index contributed by atoms with van der Waals surface area (Å²) in [7, 11) is 1.39. The van der Waals surface area contributed by atoms with Gasteiger partial charge in [0.2, 0.25) is 0 Å². The predicted octanol–water partition coefficient (Wildman–Crippen LogP) is 3.68. The Morgan fingerprint density at radius 1 is 1.27 bits per heavy atom. The molecule has 2 rings (SSSR count). The molecule has 144 valence electrons. The number of hydrogen-bond donors (Lipinski definition) is 0. The zero-order valence-corrected chi connectivity index (χ0v) is 17.6. The number of piperazine rings is 1. The Bertz CT molecular complexity index is 672. The predicted molar refractivity (Wildman–Crippen MR) is 103 cm³/mol. The Hall–Kier alpha value is -1.60. The zero-order valence-electron chi connectivity index (χ0n) is 16.0. The molecule has 0 aromatic heterocycles. The van der Waals surface area contributed by atoms with E-state index in [4.69, 9.17) is 9.47 Å². The number of carbonyl (C=O) groups is 2. The maximum absolute atomic E-state index is 12.3. The fourth-order valence-electron chi connectivity index (χ4n) is 2.94. The highest BCUT2D eigenvalue weighted by molar-refractivity contribution is 9.10. The van der Waals surface area contributed by atoms with Gasteiger partial charge in [0.25, 0.3) is 0 Å². The molecule has 1 atom stereocenters. The Balaban J connectivity index is 2.06. The fraction of sp³-hybridized carbons (Fsp3) is 0.579. The summed E-state index contributed by atoms with van der Waals surface area (Å²) in [6.07, 6.45) is -0.276. The monoisotopic (exact) mass is 426 g/mol. The second-order valence-electron chi connectivity index (χ2n) is 7.54. The van der Waals surface area contributed by atoms with Gasteiger partial charge in [-0.25, -0.2) is 9.59 Å². The number of benzene rings is 1. The van der Waals surface area contributed by atoms with Gasteiger partial charge < -0.3 is 14.4 Å². The average Bonchev–Trinajstić information content (AvgIpc) is 2.54. The van der Waals surface area contributed by atoms with E-state index < -0.39 is 5.60 Å². The van der Waals surface area contributed by atoms with Gasteiger partial charge in [-0.2, -0.15) is 0 Å². The minimum absolute atomic E-state index is 0.153. The summed E-state index contributed by atoms with van der Waals surface area (Å²) in [6, 6.07) is 5.70. The van der Waals surface area contributed by atoms with Crippen molar-refractivity contribution in [2.45, 2.75) is 45.9 Å². The topological polar surface area (TPSA) is 59.1 Å². The highest BCUT2D eigenvalue weighted by atomic mass is 79.9. The van der Waals surface area contributed by atoms with Gasteiger partial charge >= 0.3 is 12.1 Å². The summed E-state index contributed by atoms with van der Waals surface area (Å²) in [5.74, 6) is -0.340. The van der Waals surface area contributed by atoms with Crippen LogP contribution in [-0.4, -0.2) is 60.2 Å². The van der Waals surface area contributed by atoms with E-state index in [1.807, 2.05) is 32.9 Å². The molecule has 1 aliphatic heterocycles. The molecule has 0 N–H and O–H groups in total. The van der Waals surface area contributed by atoms with E-state index in [1.165, 1.54) is 7.11 Å². The molecule has 6 nitrogen and oxygen atoms in total. The number of rotatable bonds is 3. The maximum Gasteiger partial charge on any atom is 0.410 e. The first-order valence-corrected chi connectivity index (χ1v) is 9.48. The largest absolute Gasteiger partial charge is 0.465 e. The molecule has 1 aliphatic rings. The lowest BCUT2D eigenvalue weighted by atomic mass is 10.1. The summed E-state index contributed by atoms with van der Waals surface area (Å²) in [4.78, 5) is 28.3. The molecule has 1 aromatic rings. The van der Waals surface area contributed by atoms with E-state index in [9.17, 15) is 9.59 Å². The SMILES string of the molecule is COC(=O)c1ccc(Br)cc1CN1CCN(C(=O)OC(C)(C)C)CC1C. The third-order valence-electron chi connectivity index (χ3n) is 4.26. The van der Waals surface area contributed by atoms with Crippen LogP contribution < -0.4 is 0 Å². The van der Waals surface area contributed by atoms with Crippen LogP contribution in [0.4, 0.5) is 4.79 Å². The van der Waals surface area contributed by atoms with Gasteiger partial charge in [-0.15, -0.1) is 0 Å². The number of halogens is 1. The van der Waals surface area contributed by atoms with E-state index in [0.29, 0.717) is 31.7 Å². The van der Waals surface area contributed by atoms with Gasteiger partial charge in [-0.05, 0) is 51.5 Å². The van der Waals surface area contributed by atoms with Crippen LogP contribution in [0.5, 0.6) is 0 Å². The van der Waals surface area contributed by atoms with Crippen LogP contribution in [-0.2, 0) is 16.0 Å². The van der Waals surface area contributed by atoms with Crippen molar-refractivity contribution in [2.24, 2.45) is 0 Å². The molecule has 0 radical (unpaired) electrons. The van der Waals surface area contributed by atoms with Crippen molar-refractivity contribution in [3.05, 3.63) is 33.8 Å². The highest BCUT2D eigenvalue weighted by Gasteiger charge is 2.30. The van der Waals surface area contributed by atoms with Crippen LogP contribution in [0.2, 0.25) is 0 Å². The van der Waals surface area contributed by atoms with Gasteiger partial charge in [0, 0.05) is 36.7 Å². The summed E-state index contributed by atoms with van der Waals surface area (Å²) in [5.41, 5.74) is 0.977. The summed E-state index contributed by atoms with van der Waals surface area (Å²) in [5, 5.41) is 0. The first kappa shape index (κ1) is 20.7. The van der Waals surface area contributed by atoms with E-state index in [2.05, 4.69) is 27.8 Å². The van der Waals surface area contributed by atoms with E-state index in [-0.39, 0.29) is 18.1 Å². The van der Waals surface area contributed by atoms with Gasteiger partial charge in [-0.3, -0.25) is 4.90 Å². The second kappa shape index (κ2) is 8.39. The molecule has 0 spiro atoms. The van der Waals surface area contributed by atoms with Crippen LogP contribution in [0.3, 0.4) is 0 Å². The fourth-order valence-corrected chi connectivity index (χ4v) is 3.35. The number of carbonyl (C=O) groups excluding carboxylic acids is 2. The third-order valence-corrected chi connectivity index (χ3v) is 4.76. The van der Waals surface area contributed by atoms with Crippen molar-refractivity contribution >= 4 is 28.0 Å². The standard InChI is InChI=1S/C19H27BrN2O4/c1-13-11-22(18(24)26-19(2,3)4)9-8-21(13)12-14-10-15(20)6-7-16(14)17(23)25-5/h6-7,10,13H,8-9,11-12H2,1-5H3. The zero-order chi connectivity index (χ0) is 19.5. The van der Waals surface area contributed by atoms with Gasteiger partial charge in [0.05, 0.1) is 12.7 Å². The molecule has 1 amide bonds. The molecule has 1 fully saturated rings. The molecule has 1 unspecified atom stereocenters. The van der Waals surface area contributed by atoms with Gasteiger partial charge in [-0.1, -0.05) is 15.9 Å². The van der Waals surface area contributed by atoms with Crippen molar-refractivity contribution < 1.29 is 19.1 Å². The molecule has 1 saturated heterocycles. The van der Waals surface area contributed by atoms with Gasteiger partial charge in [0.1, 0.15) is 5.60 Å². The quantitative estimate of drug-likeness (QED) is 0.689. The normalized spacial score (nSPS) is 18.5. The van der Waals surface area contributed by atoms with Crippen LogP contribution >= 0.6 is 15.9 Å². The number of hydrogen-bond acceptors (Lipinski definition) is 5. The van der Waals surface area contributed by atoms with Crippen molar-refractivity contribution in [3.8, 4) is 0 Å². The van der Waals surface area contributed by atoms with Crippen LogP contribution in [0.1, 0.15) is 43.6 Å². The number of esters is 1. The molecule has 0 saturated carbocycles. The van der Waals surface area contributed by atoms with E-state index in [0.717, 1.165) is 10.0 Å². The molecular formula is C19H27BrN2O4. The van der Waals surface area contributed by atoms with Crippen LogP contribution in [0.15, 0.2) is 22.7 Å². The Morgan fingerprint density at radius 2 is 1.96 bits per heavy atom. The summed E-state index contributed by atoms with van der Waals surface area (Å²) in [6.45, 7) is 10.2. The Kier molecular flexibility index (Phi) is 6.69. The van der Waals surface area contributed by atoms with Crippen molar-refractivity contribution in [2.75, 3.05) is 26.7 Å². The number of amides is 1. The van der Waals surface area contributed by atoms with Crippen molar-refractivity contribution in [1.29, 1.82) is 0 Å². The van der Waals surface area contributed by atoms with Crippen LogP contribution in [0.25, 0.3) is 0 Å². The number of methoxy groups -OCH3 is 1. The first-order valence-electron chi connectivity index (χ1n) is 8.69. The average molecular weight is 427 g/mol. The Labute approximate surface area is 163 Å². The lowest BCUT2D eigenvalue weighted by Gasteiger charge is -2.40. The van der Waals surface area contributed by atoms with E-state index in [1.54, 1.807) is 11.0 Å². The molecule has 1 heterocycles. The minimum atomic E-state index is -0.497. The molecule has 26 heavy (non-hydrogen) atoms. The molecule has 7 heteroatoms. The van der Waals surface area contributed by atoms with Crippen molar-refractivity contribution in [3.63, 3.8) is 0 Å². The van der Waals surface area contributed by atoms with Gasteiger partial charge in [0.15, 0.2) is 0 Å². The lowest BCUT2D eigenvalue weighted by Crippen LogP contribution is -2.54. The molecule has 0 bridgehead atoms. The minimum Gasteiger partial charge on any atom is -0.465 e. The van der Waals surface area contributed by atoms with E-state index >= 15 is 0 Å². The molecule has 0 aliphatic carbocycles. The maximum atomic E-state index is 12.3. The molecular weight excluding hydrogens is 400 g/mol. The summed E-state index contributed by atoms with van der Waals surface area (Å²) < 4.78 is 11.3. The highest BCUT2D eigenvalue weighted by Crippen LogP contribution is 2.22. The number of nitrogens with zero attached hydrogens (tertiary/aromatic N) is 2. The van der Waals surface area contributed by atoms with Crippen molar-refractivity contribution in [1.82, 2.24) is 9.80 Å². The third kappa shape index (κ3) is 5.45. The van der Waals surface area contributed by atoms with Crippen LogP contribution in [0, 0.1) is 0 Å². The smallest absolute Gasteiger partial charge is 0.410 e. The number of ether oxygens (including phenoxy) is 2. The first-order chi connectivity index (χ1) is 12.1. The Morgan fingerprint density at radius 3 is 2.54 bits per heavy atom. The molecule has 1 aromatic carbocycles. The second-order valence-corrected chi connectivity index (χ2v) is 8.45.